The molecule has 1 saturated heterocycles. The molecule has 0 saturated carbocycles. The van der Waals surface area contributed by atoms with Crippen LogP contribution in [0.1, 0.15) is 0 Å². The van der Waals surface area contributed by atoms with Gasteiger partial charge in [0, 0.05) is 19.1 Å². The second-order valence-electron chi connectivity index (χ2n) is 2.29. The number of likely N-dealkylation sites (N-methyl/N-ethyl adjacent to an activating group) is 1. The summed E-state index contributed by atoms with van der Waals surface area (Å²) in [5.74, 6) is 0. The Morgan fingerprint density at radius 2 is 2.38 bits per heavy atom. The largest absolute Gasteiger partial charge is 0.314 e. The zero-order valence-electron chi connectivity index (χ0n) is 5.35. The van der Waals surface area contributed by atoms with Crippen LogP contribution in [-0.4, -0.2) is 37.6 Å². The van der Waals surface area contributed by atoms with Crippen LogP contribution < -0.4 is 5.32 Å². The smallest absolute Gasteiger partial charge is 0.0342 e. The molecule has 1 fully saturated rings. The summed E-state index contributed by atoms with van der Waals surface area (Å²) in [6.07, 6.45) is 0. The molecule has 1 rings (SSSR count). The molecule has 0 bridgehead atoms. The van der Waals surface area contributed by atoms with Crippen molar-refractivity contribution < 1.29 is 0 Å². The average molecular weight is 113 g/mol. The third kappa shape index (κ3) is 1.01. The van der Waals surface area contributed by atoms with Crippen molar-refractivity contribution in [3.63, 3.8) is 0 Å². The SMILES string of the molecule is [CH2]CN(C)C1CNC1. The molecule has 0 aromatic carbocycles. The Bertz CT molecular complexity index is 66.2. The number of hydrogen-bond acceptors (Lipinski definition) is 2. The fraction of sp³-hybridized carbons (Fsp3) is 0.833. The van der Waals surface area contributed by atoms with Crippen LogP contribution in [-0.2, 0) is 0 Å². The van der Waals surface area contributed by atoms with Gasteiger partial charge in [-0.2, -0.15) is 0 Å². The fourth-order valence-electron chi connectivity index (χ4n) is 0.768. The summed E-state index contributed by atoms with van der Waals surface area (Å²) in [5, 5.41) is 3.21. The van der Waals surface area contributed by atoms with E-state index in [1.54, 1.807) is 0 Å². The molecule has 0 amide bonds. The predicted molar refractivity (Wildman–Crippen MR) is 34.6 cm³/mol. The van der Waals surface area contributed by atoms with Gasteiger partial charge < -0.3 is 10.2 Å². The van der Waals surface area contributed by atoms with E-state index in [1.165, 1.54) is 0 Å². The van der Waals surface area contributed by atoms with E-state index < -0.39 is 0 Å². The summed E-state index contributed by atoms with van der Waals surface area (Å²) >= 11 is 0. The van der Waals surface area contributed by atoms with E-state index in [1.807, 2.05) is 0 Å². The maximum absolute atomic E-state index is 3.79. The van der Waals surface area contributed by atoms with Crippen LogP contribution >= 0.6 is 0 Å². The summed E-state index contributed by atoms with van der Waals surface area (Å²) in [6.45, 7) is 7.00. The zero-order chi connectivity index (χ0) is 5.98. The number of rotatable bonds is 2. The molecule has 1 heterocycles. The fourth-order valence-corrected chi connectivity index (χ4v) is 0.768. The number of hydrogen-bond donors (Lipinski definition) is 1. The molecule has 0 atom stereocenters. The first-order chi connectivity index (χ1) is 3.84. The van der Waals surface area contributed by atoms with Crippen LogP contribution in [0.3, 0.4) is 0 Å². The molecule has 47 valence electrons. The van der Waals surface area contributed by atoms with Crippen LogP contribution in [0, 0.1) is 6.92 Å². The van der Waals surface area contributed by atoms with Gasteiger partial charge in [0.15, 0.2) is 0 Å². The lowest BCUT2D eigenvalue weighted by atomic mass is 10.1. The average Bonchev–Trinajstić information content (AvgIpc) is 1.62. The lowest BCUT2D eigenvalue weighted by molar-refractivity contribution is 0.196. The minimum Gasteiger partial charge on any atom is -0.314 e. The van der Waals surface area contributed by atoms with Crippen molar-refractivity contribution in [2.75, 3.05) is 26.7 Å². The topological polar surface area (TPSA) is 15.3 Å². The van der Waals surface area contributed by atoms with E-state index in [9.17, 15) is 0 Å². The van der Waals surface area contributed by atoms with Gasteiger partial charge in [0.25, 0.3) is 0 Å². The van der Waals surface area contributed by atoms with Crippen LogP contribution in [0.5, 0.6) is 0 Å². The van der Waals surface area contributed by atoms with Crippen molar-refractivity contribution in [1.82, 2.24) is 10.2 Å². The van der Waals surface area contributed by atoms with E-state index in [2.05, 4.69) is 24.2 Å². The van der Waals surface area contributed by atoms with E-state index in [4.69, 9.17) is 0 Å². The van der Waals surface area contributed by atoms with Gasteiger partial charge in [0.2, 0.25) is 0 Å². The molecule has 1 aliphatic heterocycles. The molecule has 0 spiro atoms. The van der Waals surface area contributed by atoms with Crippen LogP contribution in [0.2, 0.25) is 0 Å². The summed E-state index contributed by atoms with van der Waals surface area (Å²) in [5.41, 5.74) is 0. The normalized spacial score (nSPS) is 21.4. The Morgan fingerprint density at radius 1 is 1.75 bits per heavy atom. The molecule has 0 aromatic rings. The first kappa shape index (κ1) is 6.05. The minimum absolute atomic E-state index is 0.757. The molecule has 0 aromatic heterocycles. The van der Waals surface area contributed by atoms with Crippen molar-refractivity contribution in [2.24, 2.45) is 0 Å². The van der Waals surface area contributed by atoms with E-state index >= 15 is 0 Å². The van der Waals surface area contributed by atoms with Gasteiger partial charge in [-0.3, -0.25) is 0 Å². The second-order valence-corrected chi connectivity index (χ2v) is 2.29. The van der Waals surface area contributed by atoms with E-state index in [0.29, 0.717) is 0 Å². The molecule has 8 heavy (non-hydrogen) atoms. The van der Waals surface area contributed by atoms with Crippen molar-refractivity contribution >= 4 is 0 Å². The van der Waals surface area contributed by atoms with Crippen LogP contribution in [0.15, 0.2) is 0 Å². The highest BCUT2D eigenvalue weighted by Crippen LogP contribution is 1.99. The van der Waals surface area contributed by atoms with Gasteiger partial charge in [-0.1, -0.05) is 0 Å². The first-order valence-corrected chi connectivity index (χ1v) is 3.05. The molecule has 0 unspecified atom stereocenters. The highest BCUT2D eigenvalue weighted by molar-refractivity contribution is 4.82. The Labute approximate surface area is 50.9 Å². The maximum Gasteiger partial charge on any atom is 0.0342 e. The van der Waals surface area contributed by atoms with Gasteiger partial charge in [-0.15, -0.1) is 0 Å². The van der Waals surface area contributed by atoms with Gasteiger partial charge in [-0.05, 0) is 20.5 Å². The van der Waals surface area contributed by atoms with Gasteiger partial charge in [-0.25, -0.2) is 0 Å². The molecular formula is C6H13N2. The van der Waals surface area contributed by atoms with E-state index in [-0.39, 0.29) is 0 Å². The van der Waals surface area contributed by atoms with Gasteiger partial charge in [0.1, 0.15) is 0 Å². The number of nitrogens with zero attached hydrogens (tertiary/aromatic N) is 1. The maximum atomic E-state index is 3.79. The van der Waals surface area contributed by atoms with Crippen molar-refractivity contribution in [1.29, 1.82) is 0 Å². The molecule has 1 radical (unpaired) electrons. The Morgan fingerprint density at radius 3 is 2.50 bits per heavy atom. The molecule has 0 aliphatic carbocycles. The third-order valence-electron chi connectivity index (χ3n) is 1.74. The van der Waals surface area contributed by atoms with E-state index in [0.717, 1.165) is 25.7 Å². The molecule has 1 N–H and O–H groups in total. The van der Waals surface area contributed by atoms with Crippen LogP contribution in [0.4, 0.5) is 0 Å². The quantitative estimate of drug-likeness (QED) is 0.530. The zero-order valence-corrected chi connectivity index (χ0v) is 5.35. The van der Waals surface area contributed by atoms with Crippen molar-refractivity contribution in [2.45, 2.75) is 6.04 Å². The Balaban J connectivity index is 2.13. The molecule has 1 aliphatic rings. The standard InChI is InChI=1S/C6H13N2/c1-3-8(2)6-4-7-5-6/h6-7H,1,3-5H2,2H3. The minimum atomic E-state index is 0.757. The summed E-state index contributed by atoms with van der Waals surface area (Å²) in [7, 11) is 2.11. The van der Waals surface area contributed by atoms with Gasteiger partial charge in [0.05, 0.1) is 0 Å². The monoisotopic (exact) mass is 113 g/mol. The summed E-state index contributed by atoms with van der Waals surface area (Å²) < 4.78 is 0. The van der Waals surface area contributed by atoms with Crippen molar-refractivity contribution in [3.05, 3.63) is 6.92 Å². The molecule has 2 nitrogen and oxygen atoms in total. The Hall–Kier alpha value is -0.0800. The molecule has 2 heteroatoms. The highest BCUT2D eigenvalue weighted by Gasteiger charge is 2.19. The Kier molecular flexibility index (Phi) is 1.86. The third-order valence-corrected chi connectivity index (χ3v) is 1.74. The predicted octanol–water partition coefficient (Wildman–Crippen LogP) is -0.276. The van der Waals surface area contributed by atoms with Crippen molar-refractivity contribution in [3.8, 4) is 0 Å². The summed E-state index contributed by atoms with van der Waals surface area (Å²) in [4.78, 5) is 2.26. The molecular weight excluding hydrogens is 100 g/mol. The lowest BCUT2D eigenvalue weighted by Gasteiger charge is -2.34. The van der Waals surface area contributed by atoms with Gasteiger partial charge >= 0.3 is 0 Å². The lowest BCUT2D eigenvalue weighted by Crippen LogP contribution is -2.55. The highest BCUT2D eigenvalue weighted by atomic mass is 15.2. The van der Waals surface area contributed by atoms with Crippen LogP contribution in [0.25, 0.3) is 0 Å². The summed E-state index contributed by atoms with van der Waals surface area (Å²) in [6, 6.07) is 0.757. The first-order valence-electron chi connectivity index (χ1n) is 3.05. The number of nitrogens with one attached hydrogen (secondary N) is 1. The second kappa shape index (κ2) is 2.46.